The average molecular weight is 246 g/mol. The number of hydrogen-bond donors (Lipinski definition) is 1. The fraction of sp³-hybridized carbons (Fsp3) is 0.385. The van der Waals surface area contributed by atoms with E-state index in [9.17, 15) is 0 Å². The van der Waals surface area contributed by atoms with Crippen molar-refractivity contribution in [3.63, 3.8) is 0 Å². The van der Waals surface area contributed by atoms with E-state index >= 15 is 0 Å². The summed E-state index contributed by atoms with van der Waals surface area (Å²) in [6.45, 7) is 4.91. The maximum atomic E-state index is 5.01. The number of rotatable bonds is 5. The smallest absolute Gasteiger partial charge is 0.213 e. The number of pyridine rings is 1. The van der Waals surface area contributed by atoms with Crippen molar-refractivity contribution < 1.29 is 4.74 Å². The molecule has 0 aromatic carbocycles. The van der Waals surface area contributed by atoms with Gasteiger partial charge in [0.05, 0.1) is 31.2 Å². The molecule has 0 amide bonds. The molecule has 0 aliphatic carbocycles. The first-order chi connectivity index (χ1) is 8.69. The third kappa shape index (κ3) is 3.00. The van der Waals surface area contributed by atoms with Crippen molar-refractivity contribution in [2.75, 3.05) is 12.4 Å². The molecule has 96 valence electrons. The lowest BCUT2D eigenvalue weighted by atomic mass is 10.4. The molecule has 1 N–H and O–H groups in total. The number of nitrogens with zero attached hydrogens (tertiary/aromatic N) is 3. The van der Waals surface area contributed by atoms with Gasteiger partial charge < -0.3 is 10.1 Å². The minimum absolute atomic E-state index is 0.390. The SMILES string of the molecule is COc1ccc(NCc2ccn(C(C)C)n2)cn1. The Morgan fingerprint density at radius 3 is 2.72 bits per heavy atom. The highest BCUT2D eigenvalue weighted by Gasteiger charge is 2.02. The Balaban J connectivity index is 1.93. The Morgan fingerprint density at radius 2 is 2.17 bits per heavy atom. The molecular formula is C13H18N4O. The average Bonchev–Trinajstić information content (AvgIpc) is 2.86. The largest absolute Gasteiger partial charge is 0.481 e. The zero-order valence-electron chi connectivity index (χ0n) is 10.9. The van der Waals surface area contributed by atoms with E-state index in [1.165, 1.54) is 0 Å². The van der Waals surface area contributed by atoms with Crippen LogP contribution < -0.4 is 10.1 Å². The van der Waals surface area contributed by atoms with Crippen molar-refractivity contribution >= 4 is 5.69 Å². The molecule has 0 aliphatic rings. The number of ether oxygens (including phenoxy) is 1. The van der Waals surface area contributed by atoms with E-state index in [-0.39, 0.29) is 0 Å². The monoisotopic (exact) mass is 246 g/mol. The van der Waals surface area contributed by atoms with E-state index < -0.39 is 0 Å². The predicted octanol–water partition coefficient (Wildman–Crippen LogP) is 2.48. The molecule has 2 aromatic rings. The zero-order chi connectivity index (χ0) is 13.0. The normalized spacial score (nSPS) is 10.7. The second-order valence-electron chi connectivity index (χ2n) is 4.32. The highest BCUT2D eigenvalue weighted by Crippen LogP contribution is 2.12. The maximum absolute atomic E-state index is 5.01. The molecule has 2 heterocycles. The first kappa shape index (κ1) is 12.4. The van der Waals surface area contributed by atoms with Crippen LogP contribution in [-0.4, -0.2) is 21.9 Å². The second-order valence-corrected chi connectivity index (χ2v) is 4.32. The molecule has 0 fully saturated rings. The molecule has 0 unspecified atom stereocenters. The molecule has 18 heavy (non-hydrogen) atoms. The van der Waals surface area contributed by atoms with Gasteiger partial charge in [-0.25, -0.2) is 4.98 Å². The van der Waals surface area contributed by atoms with E-state index in [0.29, 0.717) is 18.5 Å². The number of hydrogen-bond acceptors (Lipinski definition) is 4. The van der Waals surface area contributed by atoms with Crippen molar-refractivity contribution in [2.45, 2.75) is 26.4 Å². The Hall–Kier alpha value is -2.04. The fourth-order valence-electron chi connectivity index (χ4n) is 1.56. The van der Waals surface area contributed by atoms with Gasteiger partial charge >= 0.3 is 0 Å². The van der Waals surface area contributed by atoms with E-state index in [1.54, 1.807) is 13.3 Å². The van der Waals surface area contributed by atoms with Crippen LogP contribution in [0.25, 0.3) is 0 Å². The molecule has 0 radical (unpaired) electrons. The summed E-state index contributed by atoms with van der Waals surface area (Å²) in [5.74, 6) is 0.615. The van der Waals surface area contributed by atoms with Gasteiger partial charge in [-0.15, -0.1) is 0 Å². The third-order valence-corrected chi connectivity index (χ3v) is 2.61. The minimum Gasteiger partial charge on any atom is -0.481 e. The summed E-state index contributed by atoms with van der Waals surface area (Å²) in [5.41, 5.74) is 1.97. The molecule has 2 rings (SSSR count). The van der Waals surface area contributed by atoms with Crippen LogP contribution in [0.5, 0.6) is 5.88 Å². The standard InChI is InChI=1S/C13H18N4O/c1-10(2)17-7-6-12(16-17)9-14-11-4-5-13(18-3)15-8-11/h4-8,10,14H,9H2,1-3H3. The molecular weight excluding hydrogens is 228 g/mol. The van der Waals surface area contributed by atoms with E-state index in [2.05, 4.69) is 29.2 Å². The predicted molar refractivity (Wildman–Crippen MR) is 70.7 cm³/mol. The molecule has 2 aromatic heterocycles. The van der Waals surface area contributed by atoms with Crippen LogP contribution in [0.1, 0.15) is 25.6 Å². The first-order valence-corrected chi connectivity index (χ1v) is 5.97. The summed E-state index contributed by atoms with van der Waals surface area (Å²) in [4.78, 5) is 4.13. The highest BCUT2D eigenvalue weighted by atomic mass is 16.5. The summed E-state index contributed by atoms with van der Waals surface area (Å²) >= 11 is 0. The van der Waals surface area contributed by atoms with Crippen LogP contribution >= 0.6 is 0 Å². The number of methoxy groups -OCH3 is 1. The lowest BCUT2D eigenvalue weighted by Gasteiger charge is -2.06. The van der Waals surface area contributed by atoms with Crippen LogP contribution in [0.2, 0.25) is 0 Å². The second kappa shape index (κ2) is 5.53. The number of nitrogens with one attached hydrogen (secondary N) is 1. The van der Waals surface area contributed by atoms with Gasteiger partial charge in [0.25, 0.3) is 0 Å². The summed E-state index contributed by atoms with van der Waals surface area (Å²) in [5, 5.41) is 7.74. The zero-order valence-corrected chi connectivity index (χ0v) is 10.9. The van der Waals surface area contributed by atoms with E-state index in [4.69, 9.17) is 4.74 Å². The molecule has 0 aliphatic heterocycles. The third-order valence-electron chi connectivity index (χ3n) is 2.61. The summed E-state index contributed by atoms with van der Waals surface area (Å²) in [6.07, 6.45) is 3.74. The molecule has 5 heteroatoms. The number of aromatic nitrogens is 3. The molecule has 0 bridgehead atoms. The summed E-state index contributed by atoms with van der Waals surface area (Å²) in [6, 6.07) is 6.17. The van der Waals surface area contributed by atoms with Crippen molar-refractivity contribution in [2.24, 2.45) is 0 Å². The van der Waals surface area contributed by atoms with Crippen molar-refractivity contribution in [1.29, 1.82) is 0 Å². The fourth-order valence-corrected chi connectivity index (χ4v) is 1.56. The lowest BCUT2D eigenvalue weighted by Crippen LogP contribution is -2.04. The van der Waals surface area contributed by atoms with Gasteiger partial charge in [-0.2, -0.15) is 5.10 Å². The van der Waals surface area contributed by atoms with Gasteiger partial charge in [0.2, 0.25) is 5.88 Å². The van der Waals surface area contributed by atoms with Crippen LogP contribution in [0.3, 0.4) is 0 Å². The quantitative estimate of drug-likeness (QED) is 0.880. The maximum Gasteiger partial charge on any atom is 0.213 e. The lowest BCUT2D eigenvalue weighted by molar-refractivity contribution is 0.398. The Morgan fingerprint density at radius 1 is 1.33 bits per heavy atom. The molecule has 0 spiro atoms. The first-order valence-electron chi connectivity index (χ1n) is 5.97. The summed E-state index contributed by atoms with van der Waals surface area (Å²) in [7, 11) is 1.61. The van der Waals surface area contributed by atoms with Crippen LogP contribution in [0.15, 0.2) is 30.6 Å². The van der Waals surface area contributed by atoms with Gasteiger partial charge in [0.1, 0.15) is 0 Å². The molecule has 5 nitrogen and oxygen atoms in total. The topological polar surface area (TPSA) is 52.0 Å². The van der Waals surface area contributed by atoms with Gasteiger partial charge in [-0.3, -0.25) is 4.68 Å². The highest BCUT2D eigenvalue weighted by molar-refractivity contribution is 5.42. The summed E-state index contributed by atoms with van der Waals surface area (Å²) < 4.78 is 6.95. The van der Waals surface area contributed by atoms with Crippen molar-refractivity contribution in [3.05, 3.63) is 36.3 Å². The van der Waals surface area contributed by atoms with Crippen LogP contribution in [-0.2, 0) is 6.54 Å². The van der Waals surface area contributed by atoms with Crippen LogP contribution in [0.4, 0.5) is 5.69 Å². The van der Waals surface area contributed by atoms with Gasteiger partial charge in [-0.1, -0.05) is 0 Å². The Bertz CT molecular complexity index is 490. The minimum atomic E-state index is 0.390. The van der Waals surface area contributed by atoms with Crippen molar-refractivity contribution in [1.82, 2.24) is 14.8 Å². The molecule has 0 saturated heterocycles. The molecule has 0 saturated carbocycles. The van der Waals surface area contributed by atoms with Gasteiger partial charge in [0, 0.05) is 18.3 Å². The number of anilines is 1. The van der Waals surface area contributed by atoms with Crippen molar-refractivity contribution in [3.8, 4) is 5.88 Å². The Kier molecular flexibility index (Phi) is 3.82. The van der Waals surface area contributed by atoms with E-state index in [0.717, 1.165) is 11.4 Å². The van der Waals surface area contributed by atoms with Crippen LogP contribution in [0, 0.1) is 0 Å². The van der Waals surface area contributed by atoms with Gasteiger partial charge in [-0.05, 0) is 26.0 Å². The van der Waals surface area contributed by atoms with E-state index in [1.807, 2.05) is 29.1 Å². The van der Waals surface area contributed by atoms with Gasteiger partial charge in [0.15, 0.2) is 0 Å². The Labute approximate surface area is 107 Å². The molecule has 0 atom stereocenters.